The Labute approximate surface area is 177 Å². The fourth-order valence-corrected chi connectivity index (χ4v) is 4.34. The van der Waals surface area contributed by atoms with Crippen LogP contribution in [0.4, 0.5) is 0 Å². The lowest BCUT2D eigenvalue weighted by Crippen LogP contribution is -2.53. The highest BCUT2D eigenvalue weighted by Gasteiger charge is 2.40. The van der Waals surface area contributed by atoms with E-state index in [-0.39, 0.29) is 30.3 Å². The Morgan fingerprint density at radius 3 is 2.48 bits per heavy atom. The van der Waals surface area contributed by atoms with Crippen LogP contribution in [0.5, 0.6) is 0 Å². The van der Waals surface area contributed by atoms with Gasteiger partial charge in [-0.3, -0.25) is 9.59 Å². The quantitative estimate of drug-likeness (QED) is 0.757. The van der Waals surface area contributed by atoms with Crippen LogP contribution in [0.2, 0.25) is 5.02 Å². The molecule has 29 heavy (non-hydrogen) atoms. The van der Waals surface area contributed by atoms with Gasteiger partial charge < -0.3 is 14.4 Å². The molecular formula is C23H28ClN3O2. The Kier molecular flexibility index (Phi) is 5.19. The number of benzene rings is 1. The third kappa shape index (κ3) is 3.93. The molecule has 0 radical (unpaired) electrons. The van der Waals surface area contributed by atoms with Gasteiger partial charge in [0.05, 0.1) is 6.04 Å². The Hall–Kier alpha value is -2.27. The molecule has 1 saturated carbocycles. The first-order valence-electron chi connectivity index (χ1n) is 10.3. The van der Waals surface area contributed by atoms with Crippen molar-refractivity contribution in [3.05, 3.63) is 58.9 Å². The van der Waals surface area contributed by atoms with Gasteiger partial charge in [-0.25, -0.2) is 0 Å². The van der Waals surface area contributed by atoms with Crippen LogP contribution in [0, 0.1) is 5.92 Å². The normalized spacial score (nSPS) is 19.0. The Morgan fingerprint density at radius 1 is 1.10 bits per heavy atom. The van der Waals surface area contributed by atoms with Crippen LogP contribution in [0.25, 0.3) is 0 Å². The third-order valence-electron chi connectivity index (χ3n) is 5.85. The SMILES string of the molecule is CC(C)(C)N(CC(=O)N1CCn2cccc2[C@@H]1c1ccccc1Cl)C(=O)C1CC1. The van der Waals surface area contributed by atoms with Gasteiger partial charge in [0.1, 0.15) is 6.54 Å². The molecule has 2 amide bonds. The zero-order chi connectivity index (χ0) is 20.8. The van der Waals surface area contributed by atoms with Gasteiger partial charge in [0.15, 0.2) is 0 Å². The van der Waals surface area contributed by atoms with E-state index in [0.717, 1.165) is 30.6 Å². The maximum atomic E-state index is 13.5. The summed E-state index contributed by atoms with van der Waals surface area (Å²) in [7, 11) is 0. The summed E-state index contributed by atoms with van der Waals surface area (Å²) in [5.41, 5.74) is 1.57. The molecule has 1 aromatic carbocycles. The molecule has 2 aliphatic rings. The van der Waals surface area contributed by atoms with Gasteiger partial charge in [-0.2, -0.15) is 0 Å². The lowest BCUT2D eigenvalue weighted by atomic mass is 9.99. The minimum absolute atomic E-state index is 0.0358. The van der Waals surface area contributed by atoms with Crippen molar-refractivity contribution in [2.45, 2.75) is 51.7 Å². The van der Waals surface area contributed by atoms with E-state index < -0.39 is 5.54 Å². The molecule has 1 aliphatic heterocycles. The predicted molar refractivity (Wildman–Crippen MR) is 114 cm³/mol. The second-order valence-electron chi connectivity index (χ2n) is 9.01. The van der Waals surface area contributed by atoms with Crippen LogP contribution >= 0.6 is 11.6 Å². The maximum Gasteiger partial charge on any atom is 0.243 e. The van der Waals surface area contributed by atoms with E-state index in [1.54, 1.807) is 4.90 Å². The largest absolute Gasteiger partial charge is 0.348 e. The zero-order valence-corrected chi connectivity index (χ0v) is 18.0. The van der Waals surface area contributed by atoms with Crippen molar-refractivity contribution >= 4 is 23.4 Å². The molecular weight excluding hydrogens is 386 g/mol. The van der Waals surface area contributed by atoms with Gasteiger partial charge in [0, 0.05) is 41.5 Å². The predicted octanol–water partition coefficient (Wildman–Crippen LogP) is 4.11. The van der Waals surface area contributed by atoms with Gasteiger partial charge in [0.25, 0.3) is 0 Å². The number of hydrogen-bond donors (Lipinski definition) is 0. The van der Waals surface area contributed by atoms with Crippen molar-refractivity contribution < 1.29 is 9.59 Å². The van der Waals surface area contributed by atoms with Crippen LogP contribution in [-0.2, 0) is 16.1 Å². The van der Waals surface area contributed by atoms with Gasteiger partial charge in [0.2, 0.25) is 11.8 Å². The lowest BCUT2D eigenvalue weighted by molar-refractivity contribution is -0.147. The number of amides is 2. The summed E-state index contributed by atoms with van der Waals surface area (Å²) in [6, 6.07) is 11.5. The van der Waals surface area contributed by atoms with Crippen molar-refractivity contribution in [3.63, 3.8) is 0 Å². The Morgan fingerprint density at radius 2 is 1.83 bits per heavy atom. The lowest BCUT2D eigenvalue weighted by Gasteiger charge is -2.41. The minimum Gasteiger partial charge on any atom is -0.348 e. The second kappa shape index (κ2) is 7.52. The molecule has 154 valence electrons. The highest BCUT2D eigenvalue weighted by molar-refractivity contribution is 6.31. The van der Waals surface area contributed by atoms with Crippen molar-refractivity contribution in [1.82, 2.24) is 14.4 Å². The molecule has 1 fully saturated rings. The van der Waals surface area contributed by atoms with Crippen molar-refractivity contribution in [2.75, 3.05) is 13.1 Å². The van der Waals surface area contributed by atoms with Crippen LogP contribution in [0.1, 0.15) is 50.9 Å². The fraction of sp³-hybridized carbons (Fsp3) is 0.478. The molecule has 0 N–H and O–H groups in total. The molecule has 1 atom stereocenters. The second-order valence-corrected chi connectivity index (χ2v) is 9.41. The number of rotatable bonds is 4. The number of hydrogen-bond acceptors (Lipinski definition) is 2. The first kappa shape index (κ1) is 20.0. The van der Waals surface area contributed by atoms with E-state index in [1.165, 1.54) is 0 Å². The van der Waals surface area contributed by atoms with Gasteiger partial charge in [-0.05, 0) is 57.4 Å². The average Bonchev–Trinajstić information content (AvgIpc) is 3.41. The van der Waals surface area contributed by atoms with Crippen LogP contribution in [0.15, 0.2) is 42.6 Å². The number of fused-ring (bicyclic) bond motifs is 1. The smallest absolute Gasteiger partial charge is 0.243 e. The number of carbonyl (C=O) groups excluding carboxylic acids is 2. The third-order valence-corrected chi connectivity index (χ3v) is 6.20. The van der Waals surface area contributed by atoms with Crippen LogP contribution in [-0.4, -0.2) is 44.8 Å². The maximum absolute atomic E-state index is 13.5. The molecule has 0 saturated heterocycles. The number of nitrogens with zero attached hydrogens (tertiary/aromatic N) is 3. The molecule has 6 heteroatoms. The summed E-state index contributed by atoms with van der Waals surface area (Å²) < 4.78 is 2.18. The summed E-state index contributed by atoms with van der Waals surface area (Å²) in [5, 5.41) is 0.645. The molecule has 1 aromatic heterocycles. The van der Waals surface area contributed by atoms with E-state index in [9.17, 15) is 9.59 Å². The standard InChI is InChI=1S/C23H28ClN3O2/c1-23(2,3)27(22(29)16-10-11-16)15-20(28)26-14-13-25-12-6-9-19(25)21(26)17-7-4-5-8-18(17)24/h4-9,12,16,21H,10-11,13-15H2,1-3H3/t21-/m0/s1. The number of aromatic nitrogens is 1. The van der Waals surface area contributed by atoms with E-state index >= 15 is 0 Å². The van der Waals surface area contributed by atoms with Gasteiger partial charge in [-0.1, -0.05) is 29.8 Å². The topological polar surface area (TPSA) is 45.6 Å². The first-order chi connectivity index (χ1) is 13.8. The van der Waals surface area contributed by atoms with Gasteiger partial charge in [-0.15, -0.1) is 0 Å². The molecule has 2 aromatic rings. The van der Waals surface area contributed by atoms with Crippen molar-refractivity contribution in [1.29, 1.82) is 0 Å². The zero-order valence-electron chi connectivity index (χ0n) is 17.3. The monoisotopic (exact) mass is 413 g/mol. The first-order valence-corrected chi connectivity index (χ1v) is 10.7. The average molecular weight is 414 g/mol. The Bertz CT molecular complexity index is 926. The molecule has 4 rings (SSSR count). The number of carbonyl (C=O) groups is 2. The summed E-state index contributed by atoms with van der Waals surface area (Å²) in [6.07, 6.45) is 3.90. The highest BCUT2D eigenvalue weighted by atomic mass is 35.5. The van der Waals surface area contributed by atoms with Crippen molar-refractivity contribution in [3.8, 4) is 0 Å². The number of halogens is 1. The van der Waals surface area contributed by atoms with Crippen LogP contribution < -0.4 is 0 Å². The fourth-order valence-electron chi connectivity index (χ4n) is 4.10. The van der Waals surface area contributed by atoms with E-state index in [2.05, 4.69) is 4.57 Å². The summed E-state index contributed by atoms with van der Waals surface area (Å²) in [6.45, 7) is 7.40. The summed E-state index contributed by atoms with van der Waals surface area (Å²) >= 11 is 6.53. The molecule has 5 nitrogen and oxygen atoms in total. The molecule has 1 aliphatic carbocycles. The van der Waals surface area contributed by atoms with E-state index in [1.807, 2.05) is 68.3 Å². The molecule has 2 heterocycles. The summed E-state index contributed by atoms with van der Waals surface area (Å²) in [5.74, 6) is 0.145. The highest BCUT2D eigenvalue weighted by Crippen LogP contribution is 2.37. The molecule has 0 spiro atoms. The van der Waals surface area contributed by atoms with Crippen molar-refractivity contribution in [2.24, 2.45) is 5.92 Å². The van der Waals surface area contributed by atoms with E-state index in [0.29, 0.717) is 11.6 Å². The molecule has 0 unspecified atom stereocenters. The molecule has 0 bridgehead atoms. The minimum atomic E-state index is -0.398. The summed E-state index contributed by atoms with van der Waals surface area (Å²) in [4.78, 5) is 30.0. The van der Waals surface area contributed by atoms with Crippen LogP contribution in [0.3, 0.4) is 0 Å². The Balaban J connectivity index is 1.66. The van der Waals surface area contributed by atoms with Gasteiger partial charge >= 0.3 is 0 Å². The van der Waals surface area contributed by atoms with E-state index in [4.69, 9.17) is 11.6 Å².